The molecule has 0 aromatic heterocycles. The molecule has 0 aromatic rings. The number of rotatable bonds is 2. The van der Waals surface area contributed by atoms with E-state index in [2.05, 4.69) is 31.2 Å². The van der Waals surface area contributed by atoms with E-state index in [1.165, 1.54) is 6.42 Å². The van der Waals surface area contributed by atoms with E-state index in [-0.39, 0.29) is 5.54 Å². The highest BCUT2D eigenvalue weighted by molar-refractivity contribution is 5.93. The van der Waals surface area contributed by atoms with E-state index >= 15 is 0 Å². The van der Waals surface area contributed by atoms with Gasteiger partial charge in [-0.3, -0.25) is 0 Å². The molecule has 0 aromatic carbocycles. The van der Waals surface area contributed by atoms with Crippen molar-refractivity contribution in [3.63, 3.8) is 0 Å². The zero-order chi connectivity index (χ0) is 10.8. The highest BCUT2D eigenvalue weighted by atomic mass is 16.4. The summed E-state index contributed by atoms with van der Waals surface area (Å²) in [6, 6.07) is 0. The number of nitrogens with one attached hydrogen (secondary N) is 1. The molecule has 0 bridgehead atoms. The molecule has 1 aliphatic rings. The van der Waals surface area contributed by atoms with Gasteiger partial charge in [0.25, 0.3) is 0 Å². The maximum Gasteiger partial charge on any atom is 0.0771 e. The minimum absolute atomic E-state index is 0.0971. The molecule has 0 amide bonds. The summed E-state index contributed by atoms with van der Waals surface area (Å²) in [5.41, 5.74) is 0.810. The van der Waals surface area contributed by atoms with Gasteiger partial charge in [0.15, 0.2) is 0 Å². The summed E-state index contributed by atoms with van der Waals surface area (Å²) in [5, 5.41) is 15.7. The van der Waals surface area contributed by atoms with Crippen molar-refractivity contribution in [2.45, 2.75) is 45.6 Å². The van der Waals surface area contributed by atoms with Crippen LogP contribution in [0.4, 0.5) is 0 Å². The maximum absolute atomic E-state index is 9.01. The molecule has 1 fully saturated rings. The van der Waals surface area contributed by atoms with Gasteiger partial charge in [-0.15, -0.1) is 0 Å². The Bertz CT molecular complexity index is 225. The van der Waals surface area contributed by atoms with E-state index in [9.17, 15) is 0 Å². The summed E-state index contributed by atoms with van der Waals surface area (Å²) < 4.78 is 0. The van der Waals surface area contributed by atoms with Gasteiger partial charge in [0.1, 0.15) is 0 Å². The zero-order valence-electron chi connectivity index (χ0n) is 9.67. The molecule has 3 nitrogen and oxygen atoms in total. The molecule has 82 valence electrons. The number of nitrogens with zero attached hydrogens (tertiary/aromatic N) is 1. The predicted molar refractivity (Wildman–Crippen MR) is 58.9 cm³/mol. The summed E-state index contributed by atoms with van der Waals surface area (Å²) in [6.07, 6.45) is 3.20. The van der Waals surface area contributed by atoms with E-state index in [0.717, 1.165) is 18.6 Å². The Morgan fingerprint density at radius 3 is 2.64 bits per heavy atom. The molecule has 0 spiro atoms. The van der Waals surface area contributed by atoms with Crippen LogP contribution in [0.2, 0.25) is 0 Å². The molecule has 2 N–H and O–H groups in total. The molecule has 2 unspecified atom stereocenters. The fraction of sp³-hybridized carbons (Fsp3) is 0.909. The third-order valence-electron chi connectivity index (χ3n) is 3.72. The Balaban J connectivity index is 2.75. The van der Waals surface area contributed by atoms with Gasteiger partial charge in [-0.25, -0.2) is 0 Å². The standard InChI is InChI=1S/C11H22N2O/c1-8(2)9-5-6-11(3,12-4)10(7-9)13-14/h8-9,12,14H,5-7H2,1-4H3/b13-10-. The molecule has 14 heavy (non-hydrogen) atoms. The first kappa shape index (κ1) is 11.5. The van der Waals surface area contributed by atoms with Crippen molar-refractivity contribution in [1.29, 1.82) is 0 Å². The van der Waals surface area contributed by atoms with E-state index in [4.69, 9.17) is 5.21 Å². The van der Waals surface area contributed by atoms with Gasteiger partial charge in [-0.2, -0.15) is 0 Å². The first-order valence-corrected chi connectivity index (χ1v) is 5.44. The summed E-state index contributed by atoms with van der Waals surface area (Å²) in [7, 11) is 1.93. The lowest BCUT2D eigenvalue weighted by Crippen LogP contribution is -2.51. The molecule has 3 heteroatoms. The average Bonchev–Trinajstić information content (AvgIpc) is 2.18. The molecule has 1 rings (SSSR count). The smallest absolute Gasteiger partial charge is 0.0771 e. The molecule has 0 aliphatic heterocycles. The molecular weight excluding hydrogens is 176 g/mol. The monoisotopic (exact) mass is 198 g/mol. The predicted octanol–water partition coefficient (Wildman–Crippen LogP) is 2.25. The second-order valence-electron chi connectivity index (χ2n) is 4.88. The lowest BCUT2D eigenvalue weighted by Gasteiger charge is -2.39. The van der Waals surface area contributed by atoms with Crippen molar-refractivity contribution in [3.8, 4) is 0 Å². The number of hydrogen-bond acceptors (Lipinski definition) is 3. The van der Waals surface area contributed by atoms with Crippen LogP contribution in [0.5, 0.6) is 0 Å². The van der Waals surface area contributed by atoms with Gasteiger partial charge < -0.3 is 10.5 Å². The van der Waals surface area contributed by atoms with Crippen LogP contribution in [0.3, 0.4) is 0 Å². The van der Waals surface area contributed by atoms with Crippen molar-refractivity contribution in [2.75, 3.05) is 7.05 Å². The molecule has 0 saturated heterocycles. The van der Waals surface area contributed by atoms with Crippen molar-refractivity contribution in [1.82, 2.24) is 5.32 Å². The van der Waals surface area contributed by atoms with Crippen LogP contribution in [0.1, 0.15) is 40.0 Å². The van der Waals surface area contributed by atoms with Gasteiger partial charge in [0, 0.05) is 0 Å². The van der Waals surface area contributed by atoms with Crippen LogP contribution in [0.25, 0.3) is 0 Å². The summed E-state index contributed by atoms with van der Waals surface area (Å²) in [5.74, 6) is 1.34. The normalized spacial score (nSPS) is 36.6. The van der Waals surface area contributed by atoms with Gasteiger partial charge in [0.2, 0.25) is 0 Å². The van der Waals surface area contributed by atoms with Crippen LogP contribution < -0.4 is 5.32 Å². The minimum atomic E-state index is -0.0971. The van der Waals surface area contributed by atoms with E-state index in [1.807, 2.05) is 7.05 Å². The largest absolute Gasteiger partial charge is 0.411 e. The molecule has 1 aliphatic carbocycles. The maximum atomic E-state index is 9.01. The SMILES string of the molecule is CNC1(C)CCC(C(C)C)C/C1=N/O. The second-order valence-corrected chi connectivity index (χ2v) is 4.88. The Morgan fingerprint density at radius 2 is 2.21 bits per heavy atom. The summed E-state index contributed by atoms with van der Waals surface area (Å²) in [6.45, 7) is 6.59. The van der Waals surface area contributed by atoms with E-state index < -0.39 is 0 Å². The average molecular weight is 198 g/mol. The van der Waals surface area contributed by atoms with E-state index in [0.29, 0.717) is 11.8 Å². The van der Waals surface area contributed by atoms with Gasteiger partial charge >= 0.3 is 0 Å². The highest BCUT2D eigenvalue weighted by Gasteiger charge is 2.36. The minimum Gasteiger partial charge on any atom is -0.411 e. The topological polar surface area (TPSA) is 44.6 Å². The quantitative estimate of drug-likeness (QED) is 0.528. The van der Waals surface area contributed by atoms with Crippen LogP contribution in [0, 0.1) is 11.8 Å². The van der Waals surface area contributed by atoms with Crippen molar-refractivity contribution < 1.29 is 5.21 Å². The Hall–Kier alpha value is -0.570. The van der Waals surface area contributed by atoms with Crippen molar-refractivity contribution in [2.24, 2.45) is 17.0 Å². The van der Waals surface area contributed by atoms with Gasteiger partial charge in [0.05, 0.1) is 11.3 Å². The Labute approximate surface area is 86.6 Å². The summed E-state index contributed by atoms with van der Waals surface area (Å²) >= 11 is 0. The highest BCUT2D eigenvalue weighted by Crippen LogP contribution is 2.33. The third kappa shape index (κ3) is 2.08. The zero-order valence-corrected chi connectivity index (χ0v) is 9.67. The number of hydrogen-bond donors (Lipinski definition) is 2. The fourth-order valence-corrected chi connectivity index (χ4v) is 2.18. The Kier molecular flexibility index (Phi) is 3.53. The molecule has 0 radical (unpaired) electrons. The molecular formula is C11H22N2O. The van der Waals surface area contributed by atoms with Crippen LogP contribution >= 0.6 is 0 Å². The van der Waals surface area contributed by atoms with Crippen LogP contribution in [0.15, 0.2) is 5.16 Å². The second kappa shape index (κ2) is 4.30. The third-order valence-corrected chi connectivity index (χ3v) is 3.72. The first-order chi connectivity index (χ1) is 6.53. The molecule has 0 heterocycles. The van der Waals surface area contributed by atoms with E-state index in [1.54, 1.807) is 0 Å². The molecule has 1 saturated carbocycles. The molecule has 2 atom stereocenters. The first-order valence-electron chi connectivity index (χ1n) is 5.44. The Morgan fingerprint density at radius 1 is 1.57 bits per heavy atom. The number of oxime groups is 1. The van der Waals surface area contributed by atoms with Crippen molar-refractivity contribution in [3.05, 3.63) is 0 Å². The van der Waals surface area contributed by atoms with Crippen LogP contribution in [-0.4, -0.2) is 23.5 Å². The van der Waals surface area contributed by atoms with Crippen molar-refractivity contribution >= 4 is 5.71 Å². The summed E-state index contributed by atoms with van der Waals surface area (Å²) in [4.78, 5) is 0. The van der Waals surface area contributed by atoms with Gasteiger partial charge in [-0.05, 0) is 45.1 Å². The van der Waals surface area contributed by atoms with Crippen LogP contribution in [-0.2, 0) is 0 Å². The lowest BCUT2D eigenvalue weighted by atomic mass is 9.72. The lowest BCUT2D eigenvalue weighted by molar-refractivity contribution is 0.261. The van der Waals surface area contributed by atoms with Gasteiger partial charge in [-0.1, -0.05) is 19.0 Å². The fourth-order valence-electron chi connectivity index (χ4n) is 2.18.